The summed E-state index contributed by atoms with van der Waals surface area (Å²) in [4.78, 5) is 53.2. The first-order valence-corrected chi connectivity index (χ1v) is 17.9. The Bertz CT molecular complexity index is 1300. The van der Waals surface area contributed by atoms with Gasteiger partial charge in [0.15, 0.2) is 0 Å². The third-order valence-electron chi connectivity index (χ3n) is 9.81. The van der Waals surface area contributed by atoms with Gasteiger partial charge in [0.25, 0.3) is 0 Å². The van der Waals surface area contributed by atoms with Crippen molar-refractivity contribution < 1.29 is 33.8 Å². The molecule has 0 saturated heterocycles. The molecule has 3 rings (SSSR count). The summed E-state index contributed by atoms with van der Waals surface area (Å²) in [6.07, 6.45) is 5.36. The van der Waals surface area contributed by atoms with Crippen molar-refractivity contribution in [1.29, 1.82) is 0 Å². The van der Waals surface area contributed by atoms with Gasteiger partial charge in [-0.3, -0.25) is 9.59 Å². The summed E-state index contributed by atoms with van der Waals surface area (Å²) >= 11 is 0. The van der Waals surface area contributed by atoms with E-state index < -0.39 is 48.1 Å². The van der Waals surface area contributed by atoms with E-state index in [1.807, 2.05) is 88.4 Å². The summed E-state index contributed by atoms with van der Waals surface area (Å²) in [6.45, 7) is 7.72. The molecule has 1 saturated carbocycles. The second-order valence-corrected chi connectivity index (χ2v) is 13.9. The molecular weight excluding hydrogens is 622 g/mol. The monoisotopic (exact) mass is 679 g/mol. The summed E-state index contributed by atoms with van der Waals surface area (Å²) in [5, 5.41) is 20.3. The number of hydrogen-bond donors (Lipinski definition) is 4. The number of ether oxygens (including phenoxy) is 2. The number of benzene rings is 2. The van der Waals surface area contributed by atoms with Crippen LogP contribution in [0.3, 0.4) is 0 Å². The summed E-state index contributed by atoms with van der Waals surface area (Å²) in [5.41, 5.74) is 1.72. The van der Waals surface area contributed by atoms with Gasteiger partial charge in [-0.25, -0.2) is 9.59 Å². The van der Waals surface area contributed by atoms with Crippen molar-refractivity contribution in [2.24, 2.45) is 23.7 Å². The minimum absolute atomic E-state index is 0.0908. The van der Waals surface area contributed by atoms with Gasteiger partial charge in [0, 0.05) is 12.3 Å². The second-order valence-electron chi connectivity index (χ2n) is 13.9. The predicted molar refractivity (Wildman–Crippen MR) is 189 cm³/mol. The molecule has 0 bridgehead atoms. The lowest BCUT2D eigenvalue weighted by atomic mass is 9.81. The number of carbonyl (C=O) groups excluding carboxylic acids is 4. The van der Waals surface area contributed by atoms with Crippen molar-refractivity contribution in [2.75, 3.05) is 7.11 Å². The maximum absolute atomic E-state index is 13.9. The van der Waals surface area contributed by atoms with Gasteiger partial charge in [0.05, 0.1) is 19.3 Å². The lowest BCUT2D eigenvalue weighted by molar-refractivity contribution is -0.145. The molecule has 0 aliphatic heterocycles. The Labute approximate surface area is 292 Å². The Kier molecular flexibility index (Phi) is 16.6. The number of esters is 1. The van der Waals surface area contributed by atoms with Gasteiger partial charge in [-0.1, -0.05) is 127 Å². The second kappa shape index (κ2) is 20.6. The normalized spacial score (nSPS) is 17.1. The summed E-state index contributed by atoms with van der Waals surface area (Å²) in [6, 6.07) is 16.3. The summed E-state index contributed by atoms with van der Waals surface area (Å²) in [7, 11) is 1.28. The van der Waals surface area contributed by atoms with Gasteiger partial charge in [0.1, 0.15) is 18.7 Å². The number of amides is 3. The van der Waals surface area contributed by atoms with E-state index in [1.165, 1.54) is 13.5 Å². The number of methoxy groups -OCH3 is 1. The Morgan fingerprint density at radius 1 is 0.837 bits per heavy atom. The van der Waals surface area contributed by atoms with Crippen molar-refractivity contribution in [3.05, 3.63) is 71.8 Å². The fourth-order valence-electron chi connectivity index (χ4n) is 6.53. The molecule has 0 aromatic heterocycles. The summed E-state index contributed by atoms with van der Waals surface area (Å²) < 4.78 is 10.5. The van der Waals surface area contributed by atoms with E-state index in [4.69, 9.17) is 9.47 Å². The van der Waals surface area contributed by atoms with Crippen LogP contribution >= 0.6 is 0 Å². The van der Waals surface area contributed by atoms with Crippen LogP contribution in [0.4, 0.5) is 4.79 Å². The highest BCUT2D eigenvalue weighted by Crippen LogP contribution is 2.30. The van der Waals surface area contributed by atoms with Gasteiger partial charge in [-0.2, -0.15) is 0 Å². The molecule has 1 aliphatic rings. The van der Waals surface area contributed by atoms with Gasteiger partial charge < -0.3 is 30.5 Å². The van der Waals surface area contributed by atoms with E-state index in [0.29, 0.717) is 18.8 Å². The first kappa shape index (κ1) is 39.5. The van der Waals surface area contributed by atoms with Crippen molar-refractivity contribution in [1.82, 2.24) is 16.0 Å². The van der Waals surface area contributed by atoms with Crippen LogP contribution in [0.15, 0.2) is 60.7 Å². The lowest BCUT2D eigenvalue weighted by Crippen LogP contribution is -2.56. The molecule has 1 fully saturated rings. The molecular formula is C39H57N3O7. The van der Waals surface area contributed by atoms with Crippen LogP contribution in [-0.2, 0) is 36.9 Å². The highest BCUT2D eigenvalue weighted by atomic mass is 16.5. The quantitative estimate of drug-likeness (QED) is 0.148. The molecule has 6 atom stereocenters. The van der Waals surface area contributed by atoms with Crippen LogP contribution < -0.4 is 16.0 Å². The molecule has 3 amide bonds. The van der Waals surface area contributed by atoms with Crippen molar-refractivity contribution in [3.63, 3.8) is 0 Å². The first-order valence-electron chi connectivity index (χ1n) is 17.9. The minimum atomic E-state index is -1.02. The summed E-state index contributed by atoms with van der Waals surface area (Å²) in [5.74, 6) is -2.12. The Morgan fingerprint density at radius 3 is 2.02 bits per heavy atom. The van der Waals surface area contributed by atoms with E-state index in [2.05, 4.69) is 16.0 Å². The zero-order valence-electron chi connectivity index (χ0n) is 29.9. The molecule has 10 nitrogen and oxygen atoms in total. The number of nitrogens with one attached hydrogen (secondary N) is 3. The van der Waals surface area contributed by atoms with Crippen molar-refractivity contribution in [2.45, 2.75) is 116 Å². The van der Waals surface area contributed by atoms with E-state index in [-0.39, 0.29) is 37.2 Å². The van der Waals surface area contributed by atoms with Gasteiger partial charge >= 0.3 is 12.1 Å². The number of carbonyl (C=O) groups is 4. The van der Waals surface area contributed by atoms with E-state index in [0.717, 1.165) is 36.8 Å². The van der Waals surface area contributed by atoms with Crippen LogP contribution in [-0.4, -0.2) is 60.3 Å². The highest BCUT2D eigenvalue weighted by molar-refractivity contribution is 5.91. The van der Waals surface area contributed by atoms with Crippen LogP contribution in [0.25, 0.3) is 0 Å². The lowest BCUT2D eigenvalue weighted by Gasteiger charge is -2.33. The number of hydrogen-bond acceptors (Lipinski definition) is 7. The van der Waals surface area contributed by atoms with Gasteiger partial charge in [0.2, 0.25) is 11.8 Å². The highest BCUT2D eigenvalue weighted by Gasteiger charge is 2.36. The topological polar surface area (TPSA) is 143 Å². The Morgan fingerprint density at radius 2 is 1.45 bits per heavy atom. The van der Waals surface area contributed by atoms with E-state index >= 15 is 0 Å². The number of rotatable bonds is 18. The number of aliphatic hydroxyl groups is 1. The van der Waals surface area contributed by atoms with Crippen LogP contribution in [0.5, 0.6) is 0 Å². The maximum Gasteiger partial charge on any atom is 0.407 e. The first-order chi connectivity index (χ1) is 23.5. The average Bonchev–Trinajstić information content (AvgIpc) is 3.11. The predicted octanol–water partition coefficient (Wildman–Crippen LogP) is 5.71. The standard InChI is InChI=1S/C39H57N3O7/c1-6-27(4)35(37(45)40-33(38(46)48-5)23-29-18-12-8-13-19-29)42-36(44)31(26(2)3)24-34(43)32(22-28-16-10-7-11-17-28)41-39(47)49-25-30-20-14-9-15-21-30/h8-9,12-15,18-21,26-28,31-35,43H,6-7,10-11,16-17,22-25H2,1-5H3,(H,40,45)(H,41,47)(H,42,44)/t27-,31-,32-,33-,34-,35-/m0/s1. The molecule has 49 heavy (non-hydrogen) atoms. The van der Waals surface area contributed by atoms with Gasteiger partial charge in [-0.05, 0) is 41.7 Å². The zero-order chi connectivity index (χ0) is 35.8. The molecule has 2 aromatic carbocycles. The van der Waals surface area contributed by atoms with Gasteiger partial charge in [-0.15, -0.1) is 0 Å². The molecule has 1 aliphatic carbocycles. The molecule has 0 heterocycles. The van der Waals surface area contributed by atoms with Crippen LogP contribution in [0.2, 0.25) is 0 Å². The molecule has 0 unspecified atom stereocenters. The molecule has 0 spiro atoms. The number of aliphatic hydroxyl groups excluding tert-OH is 1. The third-order valence-corrected chi connectivity index (χ3v) is 9.81. The fraction of sp³-hybridized carbons (Fsp3) is 0.590. The largest absolute Gasteiger partial charge is 0.467 e. The molecule has 0 radical (unpaired) electrons. The zero-order valence-corrected chi connectivity index (χ0v) is 29.9. The fourth-order valence-corrected chi connectivity index (χ4v) is 6.53. The molecule has 4 N–H and O–H groups in total. The average molecular weight is 680 g/mol. The van der Waals surface area contributed by atoms with E-state index in [1.54, 1.807) is 0 Å². The number of alkyl carbamates (subject to hydrolysis) is 1. The SMILES string of the molecule is CC[C@H](C)[C@H](NC(=O)[C@@H](C[C@H](O)[C@H](CC1CCCCC1)NC(=O)OCc1ccccc1)C(C)C)C(=O)N[C@@H](Cc1ccccc1)C(=O)OC. The van der Waals surface area contributed by atoms with Crippen LogP contribution in [0, 0.1) is 23.7 Å². The molecule has 270 valence electrons. The Balaban J connectivity index is 1.72. The van der Waals surface area contributed by atoms with E-state index in [9.17, 15) is 24.3 Å². The van der Waals surface area contributed by atoms with Crippen molar-refractivity contribution >= 4 is 23.9 Å². The van der Waals surface area contributed by atoms with Crippen molar-refractivity contribution in [3.8, 4) is 0 Å². The third kappa shape index (κ3) is 13.1. The maximum atomic E-state index is 13.9. The van der Waals surface area contributed by atoms with Crippen LogP contribution in [0.1, 0.15) is 90.2 Å². The smallest absolute Gasteiger partial charge is 0.407 e. The molecule has 10 heteroatoms. The molecule has 2 aromatic rings. The Hall–Kier alpha value is -3.92. The minimum Gasteiger partial charge on any atom is -0.467 e.